The summed E-state index contributed by atoms with van der Waals surface area (Å²) in [5.74, 6) is 0.532. The Morgan fingerprint density at radius 2 is 1.82 bits per heavy atom. The molecule has 0 saturated carbocycles. The molecule has 0 saturated heterocycles. The van der Waals surface area contributed by atoms with Crippen LogP contribution in [-0.4, -0.2) is 55.0 Å². The molecule has 0 aliphatic rings. The van der Waals surface area contributed by atoms with Gasteiger partial charge >= 0.3 is 0 Å². The molecule has 17 heavy (non-hydrogen) atoms. The molecule has 0 aromatic carbocycles. The summed E-state index contributed by atoms with van der Waals surface area (Å²) in [5.41, 5.74) is 5.30. The van der Waals surface area contributed by atoms with Crippen molar-refractivity contribution in [2.24, 2.45) is 11.7 Å². The molecule has 0 aromatic heterocycles. The molecular weight excluding hydrogens is 214 g/mol. The fraction of sp³-hybridized carbons (Fsp3) is 0.923. The van der Waals surface area contributed by atoms with Gasteiger partial charge in [-0.05, 0) is 33.4 Å². The minimum Gasteiger partial charge on any atom is -0.340 e. The Morgan fingerprint density at radius 3 is 2.18 bits per heavy atom. The Bertz CT molecular complexity index is 237. The van der Waals surface area contributed by atoms with E-state index in [1.54, 1.807) is 0 Å². The standard InChI is InChI=1S/C13H29N3O/c1-7-13(4,14)12(17)16(10-11(2)3)9-8-15(5)6/h11H,7-10,14H2,1-6H3. The number of hydrogen-bond donors (Lipinski definition) is 1. The SMILES string of the molecule is CCC(C)(N)C(=O)N(CCN(C)C)CC(C)C. The maximum Gasteiger partial charge on any atom is 0.242 e. The fourth-order valence-electron chi connectivity index (χ4n) is 1.55. The lowest BCUT2D eigenvalue weighted by Gasteiger charge is -2.33. The maximum atomic E-state index is 12.3. The van der Waals surface area contributed by atoms with Crippen LogP contribution in [0.2, 0.25) is 0 Å². The molecule has 4 heteroatoms. The van der Waals surface area contributed by atoms with Crippen molar-refractivity contribution < 1.29 is 4.79 Å². The van der Waals surface area contributed by atoms with E-state index in [-0.39, 0.29) is 5.91 Å². The summed E-state index contributed by atoms with van der Waals surface area (Å²) in [5, 5.41) is 0. The molecule has 0 spiro atoms. The predicted octanol–water partition coefficient (Wildman–Crippen LogP) is 1.16. The molecule has 0 bridgehead atoms. The number of rotatable bonds is 7. The van der Waals surface area contributed by atoms with E-state index < -0.39 is 5.54 Å². The molecule has 0 radical (unpaired) electrons. The molecule has 1 atom stereocenters. The number of hydrogen-bond acceptors (Lipinski definition) is 3. The van der Waals surface area contributed by atoms with Crippen LogP contribution in [0, 0.1) is 5.92 Å². The summed E-state index contributed by atoms with van der Waals surface area (Å²) in [7, 11) is 4.03. The number of nitrogens with zero attached hydrogens (tertiary/aromatic N) is 2. The van der Waals surface area contributed by atoms with Gasteiger partial charge in [0, 0.05) is 19.6 Å². The van der Waals surface area contributed by atoms with Gasteiger partial charge in [0.05, 0.1) is 5.54 Å². The number of carbonyl (C=O) groups is 1. The van der Waals surface area contributed by atoms with E-state index in [1.165, 1.54) is 0 Å². The molecule has 4 nitrogen and oxygen atoms in total. The lowest BCUT2D eigenvalue weighted by atomic mass is 9.98. The van der Waals surface area contributed by atoms with E-state index in [0.29, 0.717) is 12.3 Å². The number of likely N-dealkylation sites (N-methyl/N-ethyl adjacent to an activating group) is 1. The maximum absolute atomic E-state index is 12.3. The van der Waals surface area contributed by atoms with Crippen molar-refractivity contribution in [2.75, 3.05) is 33.7 Å². The average Bonchev–Trinajstić information content (AvgIpc) is 2.22. The molecule has 102 valence electrons. The smallest absolute Gasteiger partial charge is 0.242 e. The van der Waals surface area contributed by atoms with Crippen molar-refractivity contribution in [3.8, 4) is 0 Å². The lowest BCUT2D eigenvalue weighted by Crippen LogP contribution is -2.54. The Kier molecular flexibility index (Phi) is 6.72. The fourth-order valence-corrected chi connectivity index (χ4v) is 1.55. The van der Waals surface area contributed by atoms with E-state index in [0.717, 1.165) is 19.6 Å². The van der Waals surface area contributed by atoms with Gasteiger partial charge in [0.1, 0.15) is 0 Å². The average molecular weight is 243 g/mol. The van der Waals surface area contributed by atoms with E-state index in [9.17, 15) is 4.79 Å². The van der Waals surface area contributed by atoms with Crippen LogP contribution in [0.5, 0.6) is 0 Å². The molecule has 2 N–H and O–H groups in total. The molecule has 0 aliphatic carbocycles. The van der Waals surface area contributed by atoms with Crippen molar-refractivity contribution >= 4 is 5.91 Å². The first-order valence-electron chi connectivity index (χ1n) is 6.43. The first kappa shape index (κ1) is 16.4. The Morgan fingerprint density at radius 1 is 1.29 bits per heavy atom. The highest BCUT2D eigenvalue weighted by Gasteiger charge is 2.30. The van der Waals surface area contributed by atoms with Crippen molar-refractivity contribution in [2.45, 2.75) is 39.7 Å². The number of amides is 1. The van der Waals surface area contributed by atoms with Crippen LogP contribution in [0.3, 0.4) is 0 Å². The summed E-state index contributed by atoms with van der Waals surface area (Å²) < 4.78 is 0. The third-order valence-corrected chi connectivity index (χ3v) is 2.91. The largest absolute Gasteiger partial charge is 0.340 e. The summed E-state index contributed by atoms with van der Waals surface area (Å²) >= 11 is 0. The van der Waals surface area contributed by atoms with Gasteiger partial charge in [-0.3, -0.25) is 4.79 Å². The van der Waals surface area contributed by atoms with Crippen molar-refractivity contribution in [1.82, 2.24) is 9.80 Å². The van der Waals surface area contributed by atoms with Crippen LogP contribution in [0.4, 0.5) is 0 Å². The second kappa shape index (κ2) is 6.97. The van der Waals surface area contributed by atoms with Gasteiger partial charge in [-0.1, -0.05) is 20.8 Å². The monoisotopic (exact) mass is 243 g/mol. The minimum absolute atomic E-state index is 0.0653. The zero-order valence-electron chi connectivity index (χ0n) is 12.3. The summed E-state index contributed by atoms with van der Waals surface area (Å²) in [6.45, 7) is 10.4. The van der Waals surface area contributed by atoms with Gasteiger partial charge < -0.3 is 15.5 Å². The highest BCUT2D eigenvalue weighted by atomic mass is 16.2. The molecule has 0 aliphatic heterocycles. The molecule has 0 fully saturated rings. The van der Waals surface area contributed by atoms with Gasteiger partial charge in [0.25, 0.3) is 0 Å². The van der Waals surface area contributed by atoms with Gasteiger partial charge in [-0.25, -0.2) is 0 Å². The van der Waals surface area contributed by atoms with E-state index >= 15 is 0 Å². The first-order valence-corrected chi connectivity index (χ1v) is 6.43. The topological polar surface area (TPSA) is 49.6 Å². The normalized spacial score (nSPS) is 15.1. The van der Waals surface area contributed by atoms with Gasteiger partial charge in [0.2, 0.25) is 5.91 Å². The second-order valence-corrected chi connectivity index (χ2v) is 5.72. The number of nitrogens with two attached hydrogens (primary N) is 1. The van der Waals surface area contributed by atoms with Crippen LogP contribution >= 0.6 is 0 Å². The zero-order valence-corrected chi connectivity index (χ0v) is 12.3. The molecule has 1 unspecified atom stereocenters. The van der Waals surface area contributed by atoms with Crippen molar-refractivity contribution in [3.63, 3.8) is 0 Å². The minimum atomic E-state index is -0.735. The Labute approximate surface area is 106 Å². The Hall–Kier alpha value is -0.610. The van der Waals surface area contributed by atoms with Crippen LogP contribution in [0.25, 0.3) is 0 Å². The summed E-state index contributed by atoms with van der Waals surface area (Å²) in [6, 6.07) is 0. The lowest BCUT2D eigenvalue weighted by molar-refractivity contribution is -0.137. The van der Waals surface area contributed by atoms with E-state index in [1.807, 2.05) is 32.8 Å². The summed E-state index contributed by atoms with van der Waals surface area (Å²) in [6.07, 6.45) is 0.669. The molecule has 0 aromatic rings. The quantitative estimate of drug-likeness (QED) is 0.730. The van der Waals surface area contributed by atoms with Crippen LogP contribution < -0.4 is 5.73 Å². The van der Waals surface area contributed by atoms with Gasteiger partial charge in [-0.15, -0.1) is 0 Å². The third-order valence-electron chi connectivity index (χ3n) is 2.91. The van der Waals surface area contributed by atoms with Crippen LogP contribution in [0.15, 0.2) is 0 Å². The Balaban J connectivity index is 4.61. The molecule has 1 amide bonds. The second-order valence-electron chi connectivity index (χ2n) is 5.72. The number of carbonyl (C=O) groups excluding carboxylic acids is 1. The summed E-state index contributed by atoms with van der Waals surface area (Å²) in [4.78, 5) is 16.3. The van der Waals surface area contributed by atoms with E-state index in [4.69, 9.17) is 5.73 Å². The van der Waals surface area contributed by atoms with Gasteiger partial charge in [-0.2, -0.15) is 0 Å². The van der Waals surface area contributed by atoms with E-state index in [2.05, 4.69) is 18.7 Å². The van der Waals surface area contributed by atoms with Crippen LogP contribution in [-0.2, 0) is 4.79 Å². The zero-order chi connectivity index (χ0) is 13.6. The highest BCUT2D eigenvalue weighted by Crippen LogP contribution is 2.11. The van der Waals surface area contributed by atoms with Crippen LogP contribution in [0.1, 0.15) is 34.1 Å². The van der Waals surface area contributed by atoms with Crippen molar-refractivity contribution in [1.29, 1.82) is 0 Å². The van der Waals surface area contributed by atoms with Gasteiger partial charge in [0.15, 0.2) is 0 Å². The molecular formula is C13H29N3O. The highest BCUT2D eigenvalue weighted by molar-refractivity contribution is 5.85. The molecule has 0 heterocycles. The van der Waals surface area contributed by atoms with Crippen molar-refractivity contribution in [3.05, 3.63) is 0 Å². The first-order chi connectivity index (χ1) is 7.70. The predicted molar refractivity (Wildman–Crippen MR) is 72.9 cm³/mol. The molecule has 0 rings (SSSR count). The third kappa shape index (κ3) is 6.03.